The van der Waals surface area contributed by atoms with E-state index in [4.69, 9.17) is 5.73 Å². The molecule has 0 atom stereocenters. The summed E-state index contributed by atoms with van der Waals surface area (Å²) in [6, 6.07) is 14.1. The van der Waals surface area contributed by atoms with E-state index in [9.17, 15) is 9.59 Å². The van der Waals surface area contributed by atoms with Crippen LogP contribution in [0.3, 0.4) is 0 Å². The fourth-order valence-corrected chi connectivity index (χ4v) is 2.41. The summed E-state index contributed by atoms with van der Waals surface area (Å²) in [5.41, 5.74) is 7.99. The van der Waals surface area contributed by atoms with Crippen molar-refractivity contribution >= 4 is 22.8 Å². The summed E-state index contributed by atoms with van der Waals surface area (Å²) < 4.78 is 2.53. The maximum atomic E-state index is 12.4. The lowest BCUT2D eigenvalue weighted by atomic mass is 10.2. The summed E-state index contributed by atoms with van der Waals surface area (Å²) in [5, 5.41) is 2.75. The number of nitrogens with two attached hydrogens (primary N) is 1. The number of imidazole rings is 1. The Hall–Kier alpha value is -3.02. The van der Waals surface area contributed by atoms with Gasteiger partial charge in [-0.15, -0.1) is 0 Å². The lowest BCUT2D eigenvalue weighted by molar-refractivity contribution is 0.242. The van der Waals surface area contributed by atoms with E-state index in [1.807, 2.05) is 30.3 Å². The Labute approximate surface area is 126 Å². The number of aromatic nitrogens is 2. The molecule has 112 valence electrons. The minimum absolute atomic E-state index is 0.352. The molecule has 0 aliphatic heterocycles. The molecular weight excluding hydrogens is 280 g/mol. The molecular formula is C16H16N4O2. The summed E-state index contributed by atoms with van der Waals surface area (Å²) >= 11 is 0. The number of anilines is 1. The lowest BCUT2D eigenvalue weighted by Gasteiger charge is -2.06. The zero-order valence-corrected chi connectivity index (χ0v) is 12.1. The molecule has 2 aromatic carbocycles. The largest absolute Gasteiger partial charge is 0.399 e. The van der Waals surface area contributed by atoms with Crippen molar-refractivity contribution in [2.24, 2.45) is 7.05 Å². The molecule has 1 heterocycles. The van der Waals surface area contributed by atoms with Gasteiger partial charge < -0.3 is 11.1 Å². The number of rotatable bonds is 2. The van der Waals surface area contributed by atoms with Crippen molar-refractivity contribution < 1.29 is 4.79 Å². The number of hydrogen-bond donors (Lipinski definition) is 2. The van der Waals surface area contributed by atoms with Crippen LogP contribution in [-0.4, -0.2) is 15.2 Å². The summed E-state index contributed by atoms with van der Waals surface area (Å²) in [6.45, 7) is 0.352. The van der Waals surface area contributed by atoms with Gasteiger partial charge in [0.1, 0.15) is 0 Å². The third-order valence-electron chi connectivity index (χ3n) is 3.57. The number of carbonyl (C=O) groups excluding carboxylic acids is 1. The van der Waals surface area contributed by atoms with E-state index in [-0.39, 0.29) is 0 Å². The minimum atomic E-state index is -0.468. The van der Waals surface area contributed by atoms with Crippen molar-refractivity contribution in [3.05, 3.63) is 64.6 Å². The van der Waals surface area contributed by atoms with Gasteiger partial charge in [-0.3, -0.25) is 4.57 Å². The fourth-order valence-electron chi connectivity index (χ4n) is 2.41. The quantitative estimate of drug-likeness (QED) is 0.706. The maximum absolute atomic E-state index is 12.4. The van der Waals surface area contributed by atoms with Crippen LogP contribution in [0, 0.1) is 0 Å². The molecule has 6 nitrogen and oxygen atoms in total. The van der Waals surface area contributed by atoms with Gasteiger partial charge in [0.2, 0.25) is 0 Å². The highest BCUT2D eigenvalue weighted by Crippen LogP contribution is 2.15. The van der Waals surface area contributed by atoms with Gasteiger partial charge in [-0.1, -0.05) is 30.3 Å². The van der Waals surface area contributed by atoms with Gasteiger partial charge in [0.05, 0.1) is 11.0 Å². The van der Waals surface area contributed by atoms with E-state index in [1.54, 1.807) is 25.2 Å². The molecule has 1 aromatic heterocycles. The first kappa shape index (κ1) is 13.9. The molecule has 6 heteroatoms. The van der Waals surface area contributed by atoms with Gasteiger partial charge in [0, 0.05) is 19.3 Å². The molecule has 0 saturated heterocycles. The monoisotopic (exact) mass is 296 g/mol. The highest BCUT2D eigenvalue weighted by molar-refractivity contribution is 5.90. The SMILES string of the molecule is Cn1c(=O)n(C(=O)NCc2ccccc2)c2cc(N)ccc21. The molecule has 3 N–H and O–H groups in total. The molecule has 0 fully saturated rings. The number of amides is 1. The molecule has 22 heavy (non-hydrogen) atoms. The molecule has 3 aromatic rings. The average Bonchev–Trinajstić information content (AvgIpc) is 2.77. The number of benzene rings is 2. The average molecular weight is 296 g/mol. The van der Waals surface area contributed by atoms with Crippen molar-refractivity contribution in [3.8, 4) is 0 Å². The number of nitrogens with zero attached hydrogens (tertiary/aromatic N) is 2. The van der Waals surface area contributed by atoms with Gasteiger partial charge in [-0.05, 0) is 23.8 Å². The zero-order valence-electron chi connectivity index (χ0n) is 12.1. The van der Waals surface area contributed by atoms with Crippen molar-refractivity contribution in [1.82, 2.24) is 14.5 Å². The van der Waals surface area contributed by atoms with E-state index < -0.39 is 11.7 Å². The predicted octanol–water partition coefficient (Wildman–Crippen LogP) is 1.68. The Morgan fingerprint density at radius 2 is 1.86 bits per heavy atom. The predicted molar refractivity (Wildman–Crippen MR) is 85.7 cm³/mol. The van der Waals surface area contributed by atoms with E-state index in [2.05, 4.69) is 5.32 Å². The normalized spacial score (nSPS) is 10.8. The second-order valence-corrected chi connectivity index (χ2v) is 5.07. The van der Waals surface area contributed by atoms with Gasteiger partial charge in [-0.25, -0.2) is 14.2 Å². The molecule has 0 aliphatic carbocycles. The Morgan fingerprint density at radius 3 is 2.59 bits per heavy atom. The van der Waals surface area contributed by atoms with Crippen LogP contribution in [0.2, 0.25) is 0 Å². The fraction of sp³-hybridized carbons (Fsp3) is 0.125. The van der Waals surface area contributed by atoms with Crippen LogP contribution in [0.4, 0.5) is 10.5 Å². The van der Waals surface area contributed by atoms with Crippen LogP contribution in [0.25, 0.3) is 11.0 Å². The minimum Gasteiger partial charge on any atom is -0.399 e. The standard InChI is InChI=1S/C16H16N4O2/c1-19-13-8-7-12(17)9-14(13)20(16(19)22)15(21)18-10-11-5-3-2-4-6-11/h2-9H,10,17H2,1H3,(H,18,21). The second kappa shape index (κ2) is 5.40. The van der Waals surface area contributed by atoms with Gasteiger partial charge in [0.25, 0.3) is 0 Å². The van der Waals surface area contributed by atoms with E-state index >= 15 is 0 Å². The summed E-state index contributed by atoms with van der Waals surface area (Å²) in [4.78, 5) is 24.7. The number of fused-ring (bicyclic) bond motifs is 1. The van der Waals surface area contributed by atoms with Gasteiger partial charge >= 0.3 is 11.7 Å². The van der Waals surface area contributed by atoms with E-state index in [0.717, 1.165) is 10.1 Å². The first-order valence-corrected chi connectivity index (χ1v) is 6.87. The summed E-state index contributed by atoms with van der Waals surface area (Å²) in [6.07, 6.45) is 0. The Balaban J connectivity index is 1.95. The molecule has 0 aliphatic rings. The number of nitrogen functional groups attached to an aromatic ring is 1. The number of nitrogens with one attached hydrogen (secondary N) is 1. The maximum Gasteiger partial charge on any atom is 0.337 e. The van der Waals surface area contributed by atoms with Crippen LogP contribution in [0.15, 0.2) is 53.3 Å². The Bertz CT molecular complexity index is 894. The summed E-state index contributed by atoms with van der Waals surface area (Å²) in [5.74, 6) is 0. The zero-order chi connectivity index (χ0) is 15.7. The van der Waals surface area contributed by atoms with Crippen LogP contribution < -0.4 is 16.7 Å². The second-order valence-electron chi connectivity index (χ2n) is 5.07. The first-order chi connectivity index (χ1) is 10.6. The summed E-state index contributed by atoms with van der Waals surface area (Å²) in [7, 11) is 1.63. The molecule has 3 rings (SSSR count). The molecule has 0 radical (unpaired) electrons. The Morgan fingerprint density at radius 1 is 1.14 bits per heavy atom. The molecule has 0 spiro atoms. The van der Waals surface area contributed by atoms with E-state index in [1.165, 1.54) is 4.57 Å². The highest BCUT2D eigenvalue weighted by atomic mass is 16.2. The van der Waals surface area contributed by atoms with Crippen LogP contribution >= 0.6 is 0 Å². The van der Waals surface area contributed by atoms with Crippen molar-refractivity contribution in [2.75, 3.05) is 5.73 Å². The van der Waals surface area contributed by atoms with E-state index in [0.29, 0.717) is 23.3 Å². The van der Waals surface area contributed by atoms with Crippen molar-refractivity contribution in [3.63, 3.8) is 0 Å². The van der Waals surface area contributed by atoms with Crippen LogP contribution in [-0.2, 0) is 13.6 Å². The van der Waals surface area contributed by atoms with Crippen molar-refractivity contribution in [2.45, 2.75) is 6.54 Å². The molecule has 0 unspecified atom stereocenters. The highest BCUT2D eigenvalue weighted by Gasteiger charge is 2.16. The first-order valence-electron chi connectivity index (χ1n) is 6.87. The van der Waals surface area contributed by atoms with Crippen LogP contribution in [0.5, 0.6) is 0 Å². The number of carbonyl (C=O) groups is 1. The third kappa shape index (κ3) is 2.35. The third-order valence-corrected chi connectivity index (χ3v) is 3.57. The number of hydrogen-bond acceptors (Lipinski definition) is 3. The van der Waals surface area contributed by atoms with Gasteiger partial charge in [0.15, 0.2) is 0 Å². The smallest absolute Gasteiger partial charge is 0.337 e. The van der Waals surface area contributed by atoms with Crippen molar-refractivity contribution in [1.29, 1.82) is 0 Å². The topological polar surface area (TPSA) is 82.0 Å². The Kier molecular flexibility index (Phi) is 3.42. The molecule has 1 amide bonds. The molecule has 0 saturated carbocycles. The molecule has 0 bridgehead atoms. The number of aryl methyl sites for hydroxylation is 1. The van der Waals surface area contributed by atoms with Crippen LogP contribution in [0.1, 0.15) is 5.56 Å². The lowest BCUT2D eigenvalue weighted by Crippen LogP contribution is -2.36. The van der Waals surface area contributed by atoms with Gasteiger partial charge in [-0.2, -0.15) is 0 Å².